The average Bonchev–Trinajstić information content (AvgIpc) is 3.27. The molecule has 28 heavy (non-hydrogen) atoms. The van der Waals surface area contributed by atoms with Crippen molar-refractivity contribution < 1.29 is 18.7 Å². The van der Waals surface area contributed by atoms with E-state index in [9.17, 15) is 9.59 Å². The molecular formula is C19H20N4O5. The van der Waals surface area contributed by atoms with Crippen molar-refractivity contribution in [3.8, 4) is 11.5 Å². The predicted octanol–water partition coefficient (Wildman–Crippen LogP) is 1.50. The fraction of sp³-hybridized carbons (Fsp3) is 0.316. The molecule has 0 radical (unpaired) electrons. The molecule has 3 aromatic rings. The Kier molecular flexibility index (Phi) is 4.64. The van der Waals surface area contributed by atoms with Gasteiger partial charge >= 0.3 is 0 Å². The van der Waals surface area contributed by atoms with Crippen LogP contribution in [0.25, 0.3) is 10.9 Å². The van der Waals surface area contributed by atoms with Crippen molar-refractivity contribution in [1.29, 1.82) is 0 Å². The van der Waals surface area contributed by atoms with Crippen LogP contribution in [-0.2, 0) is 0 Å². The lowest BCUT2D eigenvalue weighted by Gasteiger charge is -2.34. The Bertz CT molecular complexity index is 1050. The van der Waals surface area contributed by atoms with Gasteiger partial charge in [0.05, 0.1) is 31.4 Å². The first kappa shape index (κ1) is 17.9. The number of hydrogen-bond donors (Lipinski definition) is 1. The molecule has 1 aromatic carbocycles. The second kappa shape index (κ2) is 7.26. The Morgan fingerprint density at radius 1 is 1.14 bits per heavy atom. The van der Waals surface area contributed by atoms with Crippen LogP contribution in [0.1, 0.15) is 10.6 Å². The van der Waals surface area contributed by atoms with E-state index in [0.29, 0.717) is 60.3 Å². The minimum atomic E-state index is -0.255. The second-order valence-corrected chi connectivity index (χ2v) is 6.37. The highest BCUT2D eigenvalue weighted by molar-refractivity contribution is 5.91. The zero-order chi connectivity index (χ0) is 19.7. The van der Waals surface area contributed by atoms with E-state index in [4.69, 9.17) is 13.9 Å². The number of aromatic nitrogens is 2. The van der Waals surface area contributed by atoms with Crippen LogP contribution in [0, 0.1) is 0 Å². The van der Waals surface area contributed by atoms with Gasteiger partial charge in [-0.2, -0.15) is 0 Å². The Balaban J connectivity index is 1.57. The Labute approximate surface area is 160 Å². The summed E-state index contributed by atoms with van der Waals surface area (Å²) in [4.78, 5) is 36.0. The zero-order valence-electron chi connectivity index (χ0n) is 15.6. The number of carbonyl (C=O) groups is 1. The minimum absolute atomic E-state index is 0.138. The summed E-state index contributed by atoms with van der Waals surface area (Å²) >= 11 is 0. The first-order valence-corrected chi connectivity index (χ1v) is 8.84. The molecule has 0 unspecified atom stereocenters. The number of fused-ring (bicyclic) bond motifs is 1. The van der Waals surface area contributed by atoms with Gasteiger partial charge in [-0.1, -0.05) is 0 Å². The number of methoxy groups -OCH3 is 2. The van der Waals surface area contributed by atoms with Crippen molar-refractivity contribution in [2.45, 2.75) is 0 Å². The third-order valence-corrected chi connectivity index (χ3v) is 4.80. The van der Waals surface area contributed by atoms with Crippen LogP contribution >= 0.6 is 0 Å². The van der Waals surface area contributed by atoms with E-state index in [1.807, 2.05) is 4.90 Å². The maximum Gasteiger partial charge on any atom is 0.289 e. The topological polar surface area (TPSA) is 101 Å². The van der Waals surface area contributed by atoms with Crippen molar-refractivity contribution in [3.63, 3.8) is 0 Å². The van der Waals surface area contributed by atoms with Crippen molar-refractivity contribution in [2.24, 2.45) is 0 Å². The summed E-state index contributed by atoms with van der Waals surface area (Å²) in [6.45, 7) is 2.11. The summed E-state index contributed by atoms with van der Waals surface area (Å²) in [5, 5.41) is 0.424. The number of aromatic amines is 1. The van der Waals surface area contributed by atoms with Gasteiger partial charge < -0.3 is 23.7 Å². The molecule has 0 aliphatic carbocycles. The monoisotopic (exact) mass is 384 g/mol. The molecule has 0 spiro atoms. The molecule has 1 N–H and O–H groups in total. The van der Waals surface area contributed by atoms with Crippen molar-refractivity contribution in [2.75, 3.05) is 45.3 Å². The number of nitrogens with zero attached hydrogens (tertiary/aromatic N) is 3. The highest BCUT2D eigenvalue weighted by atomic mass is 16.5. The molecule has 1 aliphatic heterocycles. The van der Waals surface area contributed by atoms with E-state index in [1.165, 1.54) is 20.5 Å². The molecule has 1 fully saturated rings. The number of benzene rings is 1. The number of nitrogens with one attached hydrogen (secondary N) is 1. The molecule has 9 heteroatoms. The van der Waals surface area contributed by atoms with Crippen LogP contribution in [0.15, 0.2) is 39.7 Å². The average molecular weight is 384 g/mol. The molecule has 0 saturated carbocycles. The summed E-state index contributed by atoms with van der Waals surface area (Å²) in [5.74, 6) is 1.64. The Hall–Kier alpha value is -3.49. The maximum atomic E-state index is 12.5. The predicted molar refractivity (Wildman–Crippen MR) is 102 cm³/mol. The van der Waals surface area contributed by atoms with E-state index in [0.717, 1.165) is 0 Å². The number of carbonyl (C=O) groups excluding carboxylic acids is 1. The van der Waals surface area contributed by atoms with Crippen LogP contribution in [0.4, 0.5) is 5.95 Å². The standard InChI is InChI=1S/C19H20N4O5/c1-26-15-10-12-13(11-16(15)27-2)20-19(21-17(12)24)23-7-5-22(6-8-23)18(25)14-4-3-9-28-14/h3-4,9-11H,5-8H2,1-2H3,(H,20,21,24). The number of hydrogen-bond acceptors (Lipinski definition) is 7. The normalized spacial score (nSPS) is 14.4. The van der Waals surface area contributed by atoms with Crippen LogP contribution in [0.2, 0.25) is 0 Å². The Morgan fingerprint density at radius 2 is 1.86 bits per heavy atom. The van der Waals surface area contributed by atoms with Crippen LogP contribution < -0.4 is 19.9 Å². The lowest BCUT2D eigenvalue weighted by atomic mass is 10.2. The second-order valence-electron chi connectivity index (χ2n) is 6.37. The fourth-order valence-electron chi connectivity index (χ4n) is 3.28. The van der Waals surface area contributed by atoms with Gasteiger partial charge in [0.25, 0.3) is 11.5 Å². The molecule has 3 heterocycles. The third kappa shape index (κ3) is 3.15. The van der Waals surface area contributed by atoms with Crippen LogP contribution in [-0.4, -0.2) is 61.2 Å². The summed E-state index contributed by atoms with van der Waals surface area (Å²) < 4.78 is 15.7. The number of amides is 1. The van der Waals surface area contributed by atoms with Crippen molar-refractivity contribution in [1.82, 2.24) is 14.9 Å². The number of anilines is 1. The minimum Gasteiger partial charge on any atom is -0.493 e. The number of H-pyrrole nitrogens is 1. The molecule has 1 amide bonds. The number of ether oxygens (including phenoxy) is 2. The van der Waals surface area contributed by atoms with Gasteiger partial charge in [-0.25, -0.2) is 4.98 Å². The molecule has 9 nitrogen and oxygen atoms in total. The SMILES string of the molecule is COc1cc2nc(N3CCN(C(=O)c4ccco4)CC3)[nH]c(=O)c2cc1OC. The van der Waals surface area contributed by atoms with Gasteiger partial charge in [-0.3, -0.25) is 14.6 Å². The van der Waals surface area contributed by atoms with Gasteiger partial charge in [-0.05, 0) is 18.2 Å². The van der Waals surface area contributed by atoms with Crippen molar-refractivity contribution >= 4 is 22.8 Å². The number of rotatable bonds is 4. The molecule has 0 bridgehead atoms. The highest BCUT2D eigenvalue weighted by Gasteiger charge is 2.25. The molecule has 1 aliphatic rings. The van der Waals surface area contributed by atoms with Gasteiger partial charge in [0.15, 0.2) is 17.3 Å². The maximum absolute atomic E-state index is 12.5. The first-order chi connectivity index (χ1) is 13.6. The van der Waals surface area contributed by atoms with E-state index >= 15 is 0 Å². The molecule has 146 valence electrons. The largest absolute Gasteiger partial charge is 0.493 e. The molecule has 0 atom stereocenters. The van der Waals surface area contributed by atoms with Gasteiger partial charge in [0.2, 0.25) is 5.95 Å². The summed E-state index contributed by atoms with van der Waals surface area (Å²) in [6.07, 6.45) is 1.48. The van der Waals surface area contributed by atoms with Crippen LogP contribution in [0.5, 0.6) is 11.5 Å². The van der Waals surface area contributed by atoms with E-state index in [-0.39, 0.29) is 11.5 Å². The molecule has 1 saturated heterocycles. The Morgan fingerprint density at radius 3 is 2.50 bits per heavy atom. The smallest absolute Gasteiger partial charge is 0.289 e. The highest BCUT2D eigenvalue weighted by Crippen LogP contribution is 2.30. The lowest BCUT2D eigenvalue weighted by Crippen LogP contribution is -2.49. The van der Waals surface area contributed by atoms with E-state index in [2.05, 4.69) is 9.97 Å². The van der Waals surface area contributed by atoms with Gasteiger partial charge in [-0.15, -0.1) is 0 Å². The number of furan rings is 1. The van der Waals surface area contributed by atoms with Gasteiger partial charge in [0.1, 0.15) is 0 Å². The molecule has 4 rings (SSSR count). The summed E-state index contributed by atoms with van der Waals surface area (Å²) in [7, 11) is 3.05. The quantitative estimate of drug-likeness (QED) is 0.727. The lowest BCUT2D eigenvalue weighted by molar-refractivity contribution is 0.0714. The summed E-state index contributed by atoms with van der Waals surface area (Å²) in [5.41, 5.74) is 0.264. The molecular weight excluding hydrogens is 364 g/mol. The van der Waals surface area contributed by atoms with Crippen molar-refractivity contribution in [3.05, 3.63) is 46.6 Å². The van der Waals surface area contributed by atoms with E-state index in [1.54, 1.807) is 29.2 Å². The molecule has 2 aromatic heterocycles. The number of piperazine rings is 1. The van der Waals surface area contributed by atoms with Gasteiger partial charge in [0, 0.05) is 32.2 Å². The fourth-order valence-corrected chi connectivity index (χ4v) is 3.28. The third-order valence-electron chi connectivity index (χ3n) is 4.80. The summed E-state index contributed by atoms with van der Waals surface area (Å²) in [6, 6.07) is 6.64. The van der Waals surface area contributed by atoms with E-state index < -0.39 is 0 Å². The first-order valence-electron chi connectivity index (χ1n) is 8.84. The van der Waals surface area contributed by atoms with Crippen LogP contribution in [0.3, 0.4) is 0 Å². The zero-order valence-corrected chi connectivity index (χ0v) is 15.6.